The Balaban J connectivity index is 2.55. The van der Waals surface area contributed by atoms with Gasteiger partial charge in [0.1, 0.15) is 5.92 Å². The van der Waals surface area contributed by atoms with Crippen LogP contribution in [-0.2, 0) is 9.59 Å². The maximum atomic E-state index is 11.5. The molecular weight excluding hydrogens is 186 g/mol. The maximum absolute atomic E-state index is 11.5. The average Bonchev–Trinajstić information content (AvgIpc) is 2.15. The molecule has 1 heterocycles. The van der Waals surface area contributed by atoms with Gasteiger partial charge in [0, 0.05) is 13.1 Å². The molecule has 0 radical (unpaired) electrons. The lowest BCUT2D eigenvalue weighted by Crippen LogP contribution is -2.45. The summed E-state index contributed by atoms with van der Waals surface area (Å²) < 4.78 is 0. The van der Waals surface area contributed by atoms with Gasteiger partial charge < -0.3 is 15.1 Å². The summed E-state index contributed by atoms with van der Waals surface area (Å²) in [6.45, 7) is 2.18. The van der Waals surface area contributed by atoms with Crippen LogP contribution in [0.25, 0.3) is 0 Å². The second-order valence-corrected chi connectivity index (χ2v) is 3.64. The summed E-state index contributed by atoms with van der Waals surface area (Å²) in [5, 5.41) is 17.9. The summed E-state index contributed by atoms with van der Waals surface area (Å²) in [6, 6.07) is 0. The van der Waals surface area contributed by atoms with Gasteiger partial charge in [0.2, 0.25) is 5.91 Å². The Kier molecular flexibility index (Phi) is 3.46. The van der Waals surface area contributed by atoms with Crippen molar-refractivity contribution in [3.63, 3.8) is 0 Å². The Morgan fingerprint density at radius 3 is 2.64 bits per heavy atom. The van der Waals surface area contributed by atoms with Crippen LogP contribution in [0.5, 0.6) is 0 Å². The maximum Gasteiger partial charge on any atom is 0.315 e. The first-order chi connectivity index (χ1) is 6.52. The van der Waals surface area contributed by atoms with E-state index in [2.05, 4.69) is 0 Å². The highest BCUT2D eigenvalue weighted by Gasteiger charge is 2.29. The fraction of sp³-hybridized carbons (Fsp3) is 0.778. The molecule has 0 spiro atoms. The van der Waals surface area contributed by atoms with Crippen molar-refractivity contribution < 1.29 is 19.8 Å². The van der Waals surface area contributed by atoms with Gasteiger partial charge in [-0.05, 0) is 19.8 Å². The molecule has 80 valence electrons. The number of nitrogens with zero attached hydrogens (tertiary/aromatic N) is 1. The molecule has 1 fully saturated rings. The second kappa shape index (κ2) is 4.41. The Labute approximate surface area is 82.3 Å². The zero-order valence-corrected chi connectivity index (χ0v) is 8.14. The zero-order chi connectivity index (χ0) is 10.7. The predicted molar refractivity (Wildman–Crippen MR) is 48.6 cm³/mol. The minimum absolute atomic E-state index is 0.260. The molecule has 1 saturated heterocycles. The van der Waals surface area contributed by atoms with E-state index in [4.69, 9.17) is 5.11 Å². The smallest absolute Gasteiger partial charge is 0.315 e. The van der Waals surface area contributed by atoms with Crippen molar-refractivity contribution in [2.24, 2.45) is 5.92 Å². The number of rotatable bonds is 2. The van der Waals surface area contributed by atoms with E-state index in [1.165, 1.54) is 11.8 Å². The number of aliphatic hydroxyl groups excluding tert-OH is 1. The topological polar surface area (TPSA) is 77.8 Å². The highest BCUT2D eigenvalue weighted by atomic mass is 16.4. The third kappa shape index (κ3) is 2.45. The van der Waals surface area contributed by atoms with Gasteiger partial charge in [0.15, 0.2) is 0 Å². The first kappa shape index (κ1) is 11.0. The summed E-state index contributed by atoms with van der Waals surface area (Å²) >= 11 is 0. The molecule has 1 rings (SSSR count). The van der Waals surface area contributed by atoms with Crippen molar-refractivity contribution in [3.8, 4) is 0 Å². The van der Waals surface area contributed by atoms with Crippen LogP contribution >= 0.6 is 0 Å². The number of aliphatic hydroxyl groups is 1. The Morgan fingerprint density at radius 2 is 2.14 bits per heavy atom. The Bertz CT molecular complexity index is 241. The molecule has 0 aromatic rings. The van der Waals surface area contributed by atoms with E-state index in [-0.39, 0.29) is 6.54 Å². The van der Waals surface area contributed by atoms with Gasteiger partial charge >= 0.3 is 5.97 Å². The monoisotopic (exact) mass is 201 g/mol. The highest BCUT2D eigenvalue weighted by Crippen LogP contribution is 2.13. The van der Waals surface area contributed by atoms with Gasteiger partial charge in [-0.15, -0.1) is 0 Å². The predicted octanol–water partition coefficient (Wildman–Crippen LogP) is -0.310. The molecular formula is C9H15NO4. The van der Waals surface area contributed by atoms with Crippen LogP contribution in [0, 0.1) is 5.92 Å². The van der Waals surface area contributed by atoms with Crippen molar-refractivity contribution in [1.29, 1.82) is 0 Å². The summed E-state index contributed by atoms with van der Waals surface area (Å²) in [6.07, 6.45) is 0.915. The molecule has 0 saturated carbocycles. The minimum atomic E-state index is -1.12. The number of hydrogen-bond donors (Lipinski definition) is 2. The first-order valence-electron chi connectivity index (χ1n) is 4.72. The first-order valence-corrected chi connectivity index (χ1v) is 4.72. The molecule has 0 aromatic heterocycles. The minimum Gasteiger partial charge on any atom is -0.481 e. The number of amides is 1. The van der Waals surface area contributed by atoms with E-state index >= 15 is 0 Å². The van der Waals surface area contributed by atoms with Crippen molar-refractivity contribution in [2.45, 2.75) is 25.9 Å². The average molecular weight is 201 g/mol. The molecule has 1 aliphatic rings. The highest BCUT2D eigenvalue weighted by molar-refractivity contribution is 5.96. The third-order valence-electron chi connectivity index (χ3n) is 2.45. The van der Waals surface area contributed by atoms with Crippen molar-refractivity contribution in [1.82, 2.24) is 4.90 Å². The van der Waals surface area contributed by atoms with Gasteiger partial charge in [-0.3, -0.25) is 9.59 Å². The van der Waals surface area contributed by atoms with Crippen LogP contribution in [0.4, 0.5) is 0 Å². The molecule has 1 aliphatic heterocycles. The molecule has 1 amide bonds. The van der Waals surface area contributed by atoms with Crippen LogP contribution in [0.15, 0.2) is 0 Å². The van der Waals surface area contributed by atoms with Crippen molar-refractivity contribution >= 4 is 11.9 Å². The SMILES string of the molecule is CC(C(=O)O)C(=O)N1CCCC(O)C1. The molecule has 5 nitrogen and oxygen atoms in total. The lowest BCUT2D eigenvalue weighted by Gasteiger charge is -2.31. The number of carboxylic acids is 1. The molecule has 0 aliphatic carbocycles. The van der Waals surface area contributed by atoms with Crippen LogP contribution in [0.3, 0.4) is 0 Å². The van der Waals surface area contributed by atoms with Gasteiger partial charge in [-0.25, -0.2) is 0 Å². The van der Waals surface area contributed by atoms with Crippen LogP contribution in [-0.4, -0.2) is 46.2 Å². The largest absolute Gasteiger partial charge is 0.481 e. The molecule has 0 bridgehead atoms. The number of carboxylic acid groups (broad SMARTS) is 1. The number of carbonyl (C=O) groups is 2. The molecule has 5 heteroatoms. The molecule has 2 atom stereocenters. The van der Waals surface area contributed by atoms with Gasteiger partial charge in [0.25, 0.3) is 0 Å². The fourth-order valence-corrected chi connectivity index (χ4v) is 1.53. The van der Waals surface area contributed by atoms with Crippen molar-refractivity contribution in [2.75, 3.05) is 13.1 Å². The number of hydrogen-bond acceptors (Lipinski definition) is 3. The Morgan fingerprint density at radius 1 is 1.50 bits per heavy atom. The second-order valence-electron chi connectivity index (χ2n) is 3.64. The lowest BCUT2D eigenvalue weighted by atomic mass is 10.1. The molecule has 2 N–H and O–H groups in total. The van der Waals surface area contributed by atoms with Crippen LogP contribution < -0.4 is 0 Å². The number of aliphatic carboxylic acids is 1. The summed E-state index contributed by atoms with van der Waals surface area (Å²) in [4.78, 5) is 23.5. The zero-order valence-electron chi connectivity index (χ0n) is 8.14. The van der Waals surface area contributed by atoms with E-state index in [0.717, 1.165) is 6.42 Å². The summed E-state index contributed by atoms with van der Waals surface area (Å²) in [7, 11) is 0. The lowest BCUT2D eigenvalue weighted by molar-refractivity contribution is -0.151. The number of likely N-dealkylation sites (tertiary alicyclic amines) is 1. The standard InChI is InChI=1S/C9H15NO4/c1-6(9(13)14)8(12)10-4-2-3-7(11)5-10/h6-7,11H,2-5H2,1H3,(H,13,14). The van der Waals surface area contributed by atoms with E-state index < -0.39 is 23.9 Å². The van der Waals surface area contributed by atoms with Gasteiger partial charge in [-0.2, -0.15) is 0 Å². The third-order valence-corrected chi connectivity index (χ3v) is 2.45. The van der Waals surface area contributed by atoms with E-state index in [1.54, 1.807) is 0 Å². The molecule has 2 unspecified atom stereocenters. The van der Waals surface area contributed by atoms with E-state index in [0.29, 0.717) is 13.0 Å². The fourth-order valence-electron chi connectivity index (χ4n) is 1.53. The molecule has 14 heavy (non-hydrogen) atoms. The van der Waals surface area contributed by atoms with Crippen molar-refractivity contribution in [3.05, 3.63) is 0 Å². The summed E-state index contributed by atoms with van der Waals surface area (Å²) in [5.74, 6) is -2.54. The van der Waals surface area contributed by atoms with Crippen LogP contribution in [0.2, 0.25) is 0 Å². The van der Waals surface area contributed by atoms with Gasteiger partial charge in [-0.1, -0.05) is 0 Å². The number of carbonyl (C=O) groups excluding carboxylic acids is 1. The number of β-amino-alcohol motifs (C(OH)–C–C–N with tert-alkyl or cyclic N) is 1. The quantitative estimate of drug-likeness (QED) is 0.601. The normalized spacial score (nSPS) is 24.4. The van der Waals surface area contributed by atoms with Gasteiger partial charge in [0.05, 0.1) is 6.10 Å². The van der Waals surface area contributed by atoms with E-state index in [1.807, 2.05) is 0 Å². The Hall–Kier alpha value is -1.10. The number of piperidine rings is 1. The molecule has 0 aromatic carbocycles. The van der Waals surface area contributed by atoms with E-state index in [9.17, 15) is 14.7 Å². The summed E-state index contributed by atoms with van der Waals surface area (Å²) in [5.41, 5.74) is 0. The van der Waals surface area contributed by atoms with Crippen LogP contribution in [0.1, 0.15) is 19.8 Å².